The highest BCUT2D eigenvalue weighted by Gasteiger charge is 2.45. The van der Waals surface area contributed by atoms with E-state index in [2.05, 4.69) is 4.98 Å². The van der Waals surface area contributed by atoms with Crippen LogP contribution in [0.1, 0.15) is 35.7 Å². The molecule has 3 rings (SSSR count). The number of benzene rings is 1. The number of carbonyl (C=O) groups excluding carboxylic acids is 2. The Morgan fingerprint density at radius 2 is 2.07 bits per heavy atom. The number of rotatable bonds is 5. The summed E-state index contributed by atoms with van der Waals surface area (Å²) in [7, 11) is 0. The minimum absolute atomic E-state index is 0.176. The summed E-state index contributed by atoms with van der Waals surface area (Å²) in [6.45, 7) is 2.74. The zero-order valence-corrected chi connectivity index (χ0v) is 15.4. The molecular formula is C21H23FN2O3. The second-order valence-electron chi connectivity index (χ2n) is 6.84. The number of pyridine rings is 1. The van der Waals surface area contributed by atoms with Gasteiger partial charge in [-0.3, -0.25) is 14.6 Å². The van der Waals surface area contributed by atoms with Crippen molar-refractivity contribution in [2.45, 2.75) is 26.2 Å². The number of nitrogens with zero attached hydrogens (tertiary/aromatic N) is 2. The van der Waals surface area contributed by atoms with Crippen LogP contribution >= 0.6 is 0 Å². The van der Waals surface area contributed by atoms with Gasteiger partial charge in [-0.15, -0.1) is 0 Å². The Morgan fingerprint density at radius 3 is 2.78 bits per heavy atom. The molecule has 2 aromatic rings. The van der Waals surface area contributed by atoms with Crippen molar-refractivity contribution in [2.75, 3.05) is 19.7 Å². The van der Waals surface area contributed by atoms with Crippen LogP contribution in [0.5, 0.6) is 0 Å². The standard InChI is InChI=1S/C21H23FN2O3/c1-2-27-20(26)21(13-16-7-3-4-9-18(16)22)10-6-12-24(15-21)19(25)17-8-5-11-23-14-17/h3-5,7-9,11,14H,2,6,10,12-13,15H2,1H3. The molecule has 0 saturated carbocycles. The summed E-state index contributed by atoms with van der Waals surface area (Å²) in [5.41, 5.74) is -0.0156. The summed E-state index contributed by atoms with van der Waals surface area (Å²) in [5, 5.41) is 0. The van der Waals surface area contributed by atoms with Crippen molar-refractivity contribution in [2.24, 2.45) is 5.41 Å². The highest BCUT2D eigenvalue weighted by atomic mass is 19.1. The fraction of sp³-hybridized carbons (Fsp3) is 0.381. The fourth-order valence-corrected chi connectivity index (χ4v) is 3.65. The van der Waals surface area contributed by atoms with Crippen molar-refractivity contribution in [3.05, 3.63) is 65.7 Å². The van der Waals surface area contributed by atoms with Crippen molar-refractivity contribution >= 4 is 11.9 Å². The lowest BCUT2D eigenvalue weighted by atomic mass is 9.74. The van der Waals surface area contributed by atoms with Gasteiger partial charge in [0, 0.05) is 25.5 Å². The summed E-state index contributed by atoms with van der Waals surface area (Å²) in [5.74, 6) is -0.904. The van der Waals surface area contributed by atoms with Gasteiger partial charge in [0.25, 0.3) is 5.91 Å². The number of aromatic nitrogens is 1. The second-order valence-corrected chi connectivity index (χ2v) is 6.84. The summed E-state index contributed by atoms with van der Waals surface area (Å²) >= 11 is 0. The molecule has 1 aromatic carbocycles. The third-order valence-corrected chi connectivity index (χ3v) is 4.97. The van der Waals surface area contributed by atoms with Crippen LogP contribution in [0, 0.1) is 11.2 Å². The molecule has 5 nitrogen and oxygen atoms in total. The first kappa shape index (κ1) is 19.0. The Hall–Kier alpha value is -2.76. The Balaban J connectivity index is 1.89. The minimum atomic E-state index is -0.950. The van der Waals surface area contributed by atoms with Crippen LogP contribution < -0.4 is 0 Å². The van der Waals surface area contributed by atoms with Gasteiger partial charge in [0.2, 0.25) is 0 Å². The van der Waals surface area contributed by atoms with E-state index in [1.807, 2.05) is 0 Å². The van der Waals surface area contributed by atoms with E-state index in [0.717, 1.165) is 0 Å². The molecule has 1 unspecified atom stereocenters. The maximum Gasteiger partial charge on any atom is 0.314 e. The molecule has 0 aliphatic carbocycles. The van der Waals surface area contributed by atoms with E-state index in [-0.39, 0.29) is 37.3 Å². The quantitative estimate of drug-likeness (QED) is 0.758. The number of halogens is 1. The summed E-state index contributed by atoms with van der Waals surface area (Å²) in [4.78, 5) is 31.3. The molecule has 0 spiro atoms. The largest absolute Gasteiger partial charge is 0.466 e. The zero-order valence-electron chi connectivity index (χ0n) is 15.4. The summed E-state index contributed by atoms with van der Waals surface area (Å²) < 4.78 is 19.6. The van der Waals surface area contributed by atoms with Crippen LogP contribution in [0.15, 0.2) is 48.8 Å². The molecule has 0 radical (unpaired) electrons. The van der Waals surface area contributed by atoms with Crippen LogP contribution in [0.3, 0.4) is 0 Å². The van der Waals surface area contributed by atoms with E-state index >= 15 is 0 Å². The molecule has 0 N–H and O–H groups in total. The third-order valence-electron chi connectivity index (χ3n) is 4.97. The second kappa shape index (κ2) is 8.29. The molecule has 1 aliphatic rings. The number of hydrogen-bond acceptors (Lipinski definition) is 4. The first-order valence-corrected chi connectivity index (χ1v) is 9.16. The SMILES string of the molecule is CCOC(=O)C1(Cc2ccccc2F)CCCN(C(=O)c2cccnc2)C1. The molecule has 6 heteroatoms. The predicted molar refractivity (Wildman–Crippen MR) is 98.5 cm³/mol. The van der Waals surface area contributed by atoms with E-state index < -0.39 is 5.41 Å². The highest BCUT2D eigenvalue weighted by Crippen LogP contribution is 2.36. The van der Waals surface area contributed by atoms with Crippen LogP contribution in [-0.2, 0) is 16.0 Å². The van der Waals surface area contributed by atoms with E-state index in [1.54, 1.807) is 48.4 Å². The zero-order chi connectivity index (χ0) is 19.3. The van der Waals surface area contributed by atoms with Gasteiger partial charge in [0.15, 0.2) is 0 Å². The molecule has 0 bridgehead atoms. The highest BCUT2D eigenvalue weighted by molar-refractivity contribution is 5.94. The molecule has 1 amide bonds. The van der Waals surface area contributed by atoms with E-state index in [1.165, 1.54) is 12.3 Å². The van der Waals surface area contributed by atoms with Crippen molar-refractivity contribution < 1.29 is 18.7 Å². The Labute approximate surface area is 158 Å². The Kier molecular flexibility index (Phi) is 5.84. The average Bonchev–Trinajstić information content (AvgIpc) is 2.70. The number of piperidine rings is 1. The van der Waals surface area contributed by atoms with Crippen LogP contribution in [-0.4, -0.2) is 41.5 Å². The number of amides is 1. The molecular weight excluding hydrogens is 347 g/mol. The lowest BCUT2D eigenvalue weighted by molar-refractivity contribution is -0.158. The number of ether oxygens (including phenoxy) is 1. The van der Waals surface area contributed by atoms with Crippen molar-refractivity contribution in [1.29, 1.82) is 0 Å². The van der Waals surface area contributed by atoms with Gasteiger partial charge in [-0.05, 0) is 49.9 Å². The molecule has 27 heavy (non-hydrogen) atoms. The van der Waals surface area contributed by atoms with Gasteiger partial charge in [0.05, 0.1) is 17.6 Å². The average molecular weight is 370 g/mol. The number of hydrogen-bond donors (Lipinski definition) is 0. The van der Waals surface area contributed by atoms with Crippen molar-refractivity contribution in [3.8, 4) is 0 Å². The minimum Gasteiger partial charge on any atom is -0.466 e. The normalized spacial score (nSPS) is 19.6. The van der Waals surface area contributed by atoms with Crippen LogP contribution in [0.25, 0.3) is 0 Å². The molecule has 1 aliphatic heterocycles. The smallest absolute Gasteiger partial charge is 0.314 e. The van der Waals surface area contributed by atoms with Crippen molar-refractivity contribution in [1.82, 2.24) is 9.88 Å². The molecule has 2 heterocycles. The Morgan fingerprint density at radius 1 is 1.26 bits per heavy atom. The maximum atomic E-state index is 14.2. The Bertz CT molecular complexity index is 812. The lowest BCUT2D eigenvalue weighted by Gasteiger charge is -2.41. The molecule has 142 valence electrons. The van der Waals surface area contributed by atoms with Gasteiger partial charge in [-0.25, -0.2) is 4.39 Å². The van der Waals surface area contributed by atoms with Gasteiger partial charge >= 0.3 is 5.97 Å². The number of likely N-dealkylation sites (tertiary alicyclic amines) is 1. The lowest BCUT2D eigenvalue weighted by Crippen LogP contribution is -2.51. The van der Waals surface area contributed by atoms with Gasteiger partial charge in [-0.2, -0.15) is 0 Å². The fourth-order valence-electron chi connectivity index (χ4n) is 3.65. The van der Waals surface area contributed by atoms with Crippen molar-refractivity contribution in [3.63, 3.8) is 0 Å². The van der Waals surface area contributed by atoms with Crippen LogP contribution in [0.4, 0.5) is 4.39 Å². The van der Waals surface area contributed by atoms with Gasteiger partial charge in [0.1, 0.15) is 5.82 Å². The molecule has 1 saturated heterocycles. The van der Waals surface area contributed by atoms with Crippen LogP contribution in [0.2, 0.25) is 0 Å². The number of esters is 1. The van der Waals surface area contributed by atoms with Gasteiger partial charge in [-0.1, -0.05) is 18.2 Å². The van der Waals surface area contributed by atoms with E-state index in [0.29, 0.717) is 30.5 Å². The maximum absolute atomic E-state index is 14.2. The molecule has 1 atom stereocenters. The van der Waals surface area contributed by atoms with Gasteiger partial charge < -0.3 is 9.64 Å². The van der Waals surface area contributed by atoms with E-state index in [9.17, 15) is 14.0 Å². The third kappa shape index (κ3) is 4.15. The summed E-state index contributed by atoms with van der Waals surface area (Å²) in [6, 6.07) is 9.84. The topological polar surface area (TPSA) is 59.5 Å². The molecule has 1 fully saturated rings. The predicted octanol–water partition coefficient (Wildman–Crippen LogP) is 3.25. The first-order chi connectivity index (χ1) is 13.1. The molecule has 1 aromatic heterocycles. The first-order valence-electron chi connectivity index (χ1n) is 9.16. The number of carbonyl (C=O) groups is 2. The monoisotopic (exact) mass is 370 g/mol. The summed E-state index contributed by atoms with van der Waals surface area (Å²) in [6.07, 6.45) is 4.53. The van der Waals surface area contributed by atoms with E-state index in [4.69, 9.17) is 4.74 Å².